The van der Waals surface area contributed by atoms with Crippen LogP contribution in [0.5, 0.6) is 0 Å². The Morgan fingerprint density at radius 3 is 2.81 bits per heavy atom. The average molecular weight is 222 g/mol. The molecular weight excluding hydrogens is 204 g/mol. The highest BCUT2D eigenvalue weighted by atomic mass is 16.2. The normalized spacial score (nSPS) is 20.8. The van der Waals surface area contributed by atoms with Gasteiger partial charge < -0.3 is 10.2 Å². The molecule has 5 nitrogen and oxygen atoms in total. The highest BCUT2D eigenvalue weighted by Gasteiger charge is 2.28. The number of carbonyl (C=O) groups excluding carboxylic acids is 1. The minimum Gasteiger partial charge on any atom is -0.344 e. The third-order valence-corrected chi connectivity index (χ3v) is 3.30. The molecule has 0 bridgehead atoms. The summed E-state index contributed by atoms with van der Waals surface area (Å²) in [4.78, 5) is 13.4. The summed E-state index contributed by atoms with van der Waals surface area (Å²) in [5.74, 6) is 0.196. The van der Waals surface area contributed by atoms with Crippen LogP contribution in [0, 0.1) is 6.92 Å². The molecule has 0 radical (unpaired) electrons. The fourth-order valence-corrected chi connectivity index (χ4v) is 1.96. The largest absolute Gasteiger partial charge is 0.344 e. The molecule has 1 aliphatic heterocycles. The van der Waals surface area contributed by atoms with Crippen LogP contribution in [-0.2, 0) is 18.4 Å². The summed E-state index contributed by atoms with van der Waals surface area (Å²) in [6.45, 7) is 3.60. The van der Waals surface area contributed by atoms with Gasteiger partial charge in [0.1, 0.15) is 0 Å². The van der Waals surface area contributed by atoms with Gasteiger partial charge in [0.2, 0.25) is 5.91 Å². The van der Waals surface area contributed by atoms with Crippen molar-refractivity contribution >= 4 is 5.91 Å². The third kappa shape index (κ3) is 1.95. The predicted molar refractivity (Wildman–Crippen MR) is 60.8 cm³/mol. The van der Waals surface area contributed by atoms with Gasteiger partial charge in [0.25, 0.3) is 0 Å². The zero-order valence-electron chi connectivity index (χ0n) is 10.0. The van der Waals surface area contributed by atoms with E-state index in [4.69, 9.17) is 0 Å². The molecule has 1 aliphatic rings. The van der Waals surface area contributed by atoms with E-state index in [1.807, 2.05) is 31.9 Å². The van der Waals surface area contributed by atoms with Gasteiger partial charge in [-0.1, -0.05) is 0 Å². The number of rotatable bonds is 3. The Morgan fingerprint density at radius 1 is 1.56 bits per heavy atom. The molecule has 0 aliphatic carbocycles. The van der Waals surface area contributed by atoms with Gasteiger partial charge >= 0.3 is 0 Å². The van der Waals surface area contributed by atoms with E-state index in [0.717, 1.165) is 24.2 Å². The van der Waals surface area contributed by atoms with Gasteiger partial charge in [-0.15, -0.1) is 0 Å². The predicted octanol–water partition coefficient (Wildman–Crippen LogP) is 0.0488. The Morgan fingerprint density at radius 2 is 2.31 bits per heavy atom. The second-order valence-corrected chi connectivity index (χ2v) is 4.36. The summed E-state index contributed by atoms with van der Waals surface area (Å²) >= 11 is 0. The van der Waals surface area contributed by atoms with Crippen molar-refractivity contribution in [3.05, 3.63) is 17.5 Å². The van der Waals surface area contributed by atoms with Crippen LogP contribution in [0.1, 0.15) is 17.7 Å². The summed E-state index contributed by atoms with van der Waals surface area (Å²) < 4.78 is 1.85. The first-order chi connectivity index (χ1) is 7.59. The fraction of sp³-hybridized carbons (Fsp3) is 0.636. The van der Waals surface area contributed by atoms with Crippen LogP contribution in [0.4, 0.5) is 0 Å². The number of hydrogen-bond donors (Lipinski definition) is 1. The Labute approximate surface area is 95.4 Å². The first kappa shape index (κ1) is 11.1. The van der Waals surface area contributed by atoms with Crippen LogP contribution in [0.15, 0.2) is 6.20 Å². The van der Waals surface area contributed by atoms with Crippen LogP contribution in [0.2, 0.25) is 0 Å². The first-order valence-electron chi connectivity index (χ1n) is 5.55. The minimum atomic E-state index is -0.0235. The van der Waals surface area contributed by atoms with E-state index < -0.39 is 0 Å². The Bertz CT molecular complexity index is 399. The van der Waals surface area contributed by atoms with Crippen LogP contribution in [0.25, 0.3) is 0 Å². The molecule has 1 unspecified atom stereocenters. The lowest BCUT2D eigenvalue weighted by atomic mass is 10.2. The van der Waals surface area contributed by atoms with Crippen LogP contribution >= 0.6 is 0 Å². The van der Waals surface area contributed by atoms with Crippen molar-refractivity contribution in [1.29, 1.82) is 0 Å². The highest BCUT2D eigenvalue weighted by Crippen LogP contribution is 2.11. The smallest absolute Gasteiger partial charge is 0.239 e. The van der Waals surface area contributed by atoms with Gasteiger partial charge in [-0.3, -0.25) is 9.48 Å². The fourth-order valence-electron chi connectivity index (χ4n) is 1.96. The van der Waals surface area contributed by atoms with Gasteiger partial charge in [-0.25, -0.2) is 0 Å². The standard InChI is InChI=1S/C11H18N4O/c1-8-9(7-13-15(8)3)6-12-10-4-5-14(2)11(10)16/h7,10,12H,4-6H2,1-3H3. The summed E-state index contributed by atoms with van der Waals surface area (Å²) in [5, 5.41) is 7.46. The molecule has 0 saturated carbocycles. The van der Waals surface area contributed by atoms with Gasteiger partial charge in [-0.05, 0) is 13.3 Å². The Kier molecular flexibility index (Phi) is 2.96. The molecule has 2 heterocycles. The zero-order chi connectivity index (χ0) is 11.7. The molecule has 1 N–H and O–H groups in total. The van der Waals surface area contributed by atoms with Gasteiger partial charge in [-0.2, -0.15) is 5.10 Å². The topological polar surface area (TPSA) is 50.2 Å². The van der Waals surface area contributed by atoms with E-state index in [-0.39, 0.29) is 11.9 Å². The molecule has 16 heavy (non-hydrogen) atoms. The van der Waals surface area contributed by atoms with Crippen molar-refractivity contribution in [3.63, 3.8) is 0 Å². The van der Waals surface area contributed by atoms with Crippen LogP contribution in [0.3, 0.4) is 0 Å². The zero-order valence-corrected chi connectivity index (χ0v) is 10.0. The van der Waals surface area contributed by atoms with Crippen molar-refractivity contribution in [3.8, 4) is 0 Å². The molecular formula is C11H18N4O. The summed E-state index contributed by atoms with van der Waals surface area (Å²) in [7, 11) is 3.77. The number of hydrogen-bond acceptors (Lipinski definition) is 3. The third-order valence-electron chi connectivity index (χ3n) is 3.30. The van der Waals surface area contributed by atoms with Crippen LogP contribution < -0.4 is 5.32 Å². The lowest BCUT2D eigenvalue weighted by molar-refractivity contribution is -0.128. The number of amides is 1. The van der Waals surface area contributed by atoms with Crippen molar-refractivity contribution in [2.75, 3.05) is 13.6 Å². The minimum absolute atomic E-state index is 0.0235. The molecule has 1 amide bonds. The molecule has 1 aromatic heterocycles. The molecule has 0 spiro atoms. The molecule has 1 fully saturated rings. The SMILES string of the molecule is Cc1c(CNC2CCN(C)C2=O)cnn1C. The summed E-state index contributed by atoms with van der Waals surface area (Å²) in [6.07, 6.45) is 2.75. The summed E-state index contributed by atoms with van der Waals surface area (Å²) in [6, 6.07) is -0.0235. The quantitative estimate of drug-likeness (QED) is 0.786. The molecule has 1 atom stereocenters. The van der Waals surface area contributed by atoms with E-state index in [2.05, 4.69) is 10.4 Å². The first-order valence-corrected chi connectivity index (χ1v) is 5.55. The molecule has 0 aromatic carbocycles. The number of nitrogens with one attached hydrogen (secondary N) is 1. The van der Waals surface area contributed by atoms with Crippen molar-refractivity contribution in [1.82, 2.24) is 20.0 Å². The maximum absolute atomic E-state index is 11.7. The monoisotopic (exact) mass is 222 g/mol. The van der Waals surface area contributed by atoms with E-state index in [9.17, 15) is 4.79 Å². The van der Waals surface area contributed by atoms with E-state index in [0.29, 0.717) is 6.54 Å². The van der Waals surface area contributed by atoms with Gasteiger partial charge in [0.05, 0.1) is 12.2 Å². The second-order valence-electron chi connectivity index (χ2n) is 4.36. The number of nitrogens with zero attached hydrogens (tertiary/aromatic N) is 3. The molecule has 88 valence electrons. The number of carbonyl (C=O) groups is 1. The molecule has 5 heteroatoms. The maximum Gasteiger partial charge on any atom is 0.239 e. The lowest BCUT2D eigenvalue weighted by Crippen LogP contribution is -2.36. The van der Waals surface area contributed by atoms with Gasteiger partial charge in [0.15, 0.2) is 0 Å². The van der Waals surface area contributed by atoms with Crippen LogP contribution in [-0.4, -0.2) is 40.2 Å². The molecule has 1 aromatic rings. The van der Waals surface area contributed by atoms with E-state index >= 15 is 0 Å². The maximum atomic E-state index is 11.7. The Balaban J connectivity index is 1.93. The highest BCUT2D eigenvalue weighted by molar-refractivity contribution is 5.83. The van der Waals surface area contributed by atoms with E-state index in [1.54, 1.807) is 4.90 Å². The van der Waals surface area contributed by atoms with E-state index in [1.165, 1.54) is 0 Å². The van der Waals surface area contributed by atoms with Crippen molar-refractivity contribution < 1.29 is 4.79 Å². The van der Waals surface area contributed by atoms with Crippen molar-refractivity contribution in [2.45, 2.75) is 25.9 Å². The molecule has 1 saturated heterocycles. The lowest BCUT2D eigenvalue weighted by Gasteiger charge is -2.11. The molecule has 2 rings (SSSR count). The number of likely N-dealkylation sites (tertiary alicyclic amines) is 1. The summed E-state index contributed by atoms with van der Waals surface area (Å²) in [5.41, 5.74) is 2.30. The van der Waals surface area contributed by atoms with Crippen molar-refractivity contribution in [2.24, 2.45) is 7.05 Å². The Hall–Kier alpha value is -1.36. The second kappa shape index (κ2) is 4.25. The number of aromatic nitrogens is 2. The average Bonchev–Trinajstić information content (AvgIpc) is 2.74. The van der Waals surface area contributed by atoms with Gasteiger partial charge in [0, 0.05) is 38.4 Å². The number of likely N-dealkylation sites (N-methyl/N-ethyl adjacent to an activating group) is 1. The number of aryl methyl sites for hydroxylation is 1.